The van der Waals surface area contributed by atoms with Gasteiger partial charge in [-0.15, -0.1) is 0 Å². The third-order valence-corrected chi connectivity index (χ3v) is 10.3. The van der Waals surface area contributed by atoms with Crippen LogP contribution < -0.4 is 9.47 Å². The van der Waals surface area contributed by atoms with E-state index in [1.54, 1.807) is 0 Å². The summed E-state index contributed by atoms with van der Waals surface area (Å²) in [5, 5.41) is 0. The molecule has 0 radical (unpaired) electrons. The average Bonchev–Trinajstić information content (AvgIpc) is 3.27. The Bertz CT molecular complexity index is 1440. The molecule has 2 nitrogen and oxygen atoms in total. The first-order valence-electron chi connectivity index (χ1n) is 12.0. The zero-order valence-electron chi connectivity index (χ0n) is 19.9. The van der Waals surface area contributed by atoms with Crippen LogP contribution in [0.5, 0.6) is 11.5 Å². The average molecular weight is 726 g/mol. The maximum Gasteiger partial charge on any atom is 0.124 e. The Morgan fingerprint density at radius 2 is 0.946 bits per heavy atom. The molecule has 0 amide bonds. The van der Waals surface area contributed by atoms with E-state index < -0.39 is 10.9 Å². The number of fused-ring (bicyclic) bond motifs is 3. The predicted molar refractivity (Wildman–Crippen MR) is 169 cm³/mol. The molecule has 184 valence electrons. The molecule has 0 spiro atoms. The summed E-state index contributed by atoms with van der Waals surface area (Å²) in [7, 11) is -0.705. The second-order valence-electron chi connectivity index (χ2n) is 8.86. The highest BCUT2D eigenvalue weighted by Crippen LogP contribution is 2.63. The summed E-state index contributed by atoms with van der Waals surface area (Å²) < 4.78 is 15.1. The Hall–Kier alpha value is -2.49. The lowest BCUT2D eigenvalue weighted by molar-refractivity contribution is 0.288. The van der Waals surface area contributed by atoms with Gasteiger partial charge >= 0.3 is 0 Å². The predicted octanol–water partition coefficient (Wildman–Crippen LogP) is 9.51. The first-order valence-corrected chi connectivity index (χ1v) is 15.5. The van der Waals surface area contributed by atoms with Crippen molar-refractivity contribution in [3.8, 4) is 22.6 Å². The number of halogens is 2. The Morgan fingerprint density at radius 3 is 1.41 bits per heavy atom. The number of rotatable bonds is 7. The van der Waals surface area contributed by atoms with E-state index in [1.807, 2.05) is 6.07 Å². The number of thiol groups is 1. The van der Waals surface area contributed by atoms with Crippen LogP contribution in [0, 0.1) is 7.14 Å². The summed E-state index contributed by atoms with van der Waals surface area (Å²) in [6, 6.07) is 40.9. The number of hydrogen-bond acceptors (Lipinski definition) is 2. The molecular weight excluding hydrogens is 702 g/mol. The summed E-state index contributed by atoms with van der Waals surface area (Å²) in [4.78, 5) is 4.01. The van der Waals surface area contributed by atoms with Gasteiger partial charge < -0.3 is 9.47 Å². The van der Waals surface area contributed by atoms with Gasteiger partial charge in [0, 0.05) is 27.9 Å². The molecule has 1 aliphatic rings. The fourth-order valence-corrected chi connectivity index (χ4v) is 7.94. The van der Waals surface area contributed by atoms with Crippen molar-refractivity contribution < 1.29 is 9.47 Å². The molecular formula is C32H24I2O2S. The summed E-state index contributed by atoms with van der Waals surface area (Å²) in [5.41, 5.74) is 4.95. The molecule has 37 heavy (non-hydrogen) atoms. The van der Waals surface area contributed by atoms with Crippen molar-refractivity contribution in [1.29, 1.82) is 0 Å². The van der Waals surface area contributed by atoms with Crippen molar-refractivity contribution in [1.82, 2.24) is 0 Å². The van der Waals surface area contributed by atoms with Crippen LogP contribution in [-0.2, 0) is 13.2 Å². The van der Waals surface area contributed by atoms with Gasteiger partial charge in [-0.2, -0.15) is 10.9 Å². The molecule has 5 aromatic carbocycles. The maximum absolute atomic E-state index is 6.34. The molecule has 0 aliphatic carbocycles. The van der Waals surface area contributed by atoms with Crippen molar-refractivity contribution in [2.45, 2.75) is 27.9 Å². The monoisotopic (exact) mass is 726 g/mol. The molecule has 0 unspecified atom stereocenters. The van der Waals surface area contributed by atoms with Crippen LogP contribution in [0.15, 0.2) is 130 Å². The smallest absolute Gasteiger partial charge is 0.124 e. The van der Waals surface area contributed by atoms with Crippen LogP contribution in [0.4, 0.5) is 0 Å². The molecule has 0 N–H and O–H groups in total. The zero-order chi connectivity index (χ0) is 25.2. The first-order chi connectivity index (χ1) is 18.1. The Morgan fingerprint density at radius 1 is 0.514 bits per heavy atom. The van der Waals surface area contributed by atoms with Crippen LogP contribution in [0.1, 0.15) is 11.1 Å². The van der Waals surface area contributed by atoms with E-state index in [0.29, 0.717) is 13.2 Å². The highest BCUT2D eigenvalue weighted by atomic mass is 127. The number of hydrogen-bond donors (Lipinski definition) is 1. The lowest BCUT2D eigenvalue weighted by atomic mass is 10.1. The molecule has 5 heteroatoms. The van der Waals surface area contributed by atoms with Gasteiger partial charge in [-0.05, 0) is 116 Å². The largest absolute Gasteiger partial charge is 0.489 e. The second-order valence-corrected chi connectivity index (χ2v) is 13.5. The molecule has 1 aliphatic heterocycles. The highest BCUT2D eigenvalue weighted by molar-refractivity contribution is 14.1. The third kappa shape index (κ3) is 5.54. The highest BCUT2D eigenvalue weighted by Gasteiger charge is 2.27. The SMILES string of the molecule is Ic1ccc(COc2cc(OCc3ccc(I)cc3)cc([SH]3c4ccccc4-c4ccccc43)c2)cc1. The summed E-state index contributed by atoms with van der Waals surface area (Å²) in [6.45, 7) is 1.03. The lowest BCUT2D eigenvalue weighted by Crippen LogP contribution is -1.99. The van der Waals surface area contributed by atoms with Gasteiger partial charge in [-0.3, -0.25) is 0 Å². The van der Waals surface area contributed by atoms with Gasteiger partial charge in [0.2, 0.25) is 0 Å². The van der Waals surface area contributed by atoms with Gasteiger partial charge in [0.05, 0.1) is 0 Å². The van der Waals surface area contributed by atoms with Gasteiger partial charge in [0.25, 0.3) is 0 Å². The van der Waals surface area contributed by atoms with Gasteiger partial charge in [0.1, 0.15) is 24.7 Å². The molecule has 6 rings (SSSR count). The normalized spacial score (nSPS) is 12.6. The fraction of sp³-hybridized carbons (Fsp3) is 0.0625. The topological polar surface area (TPSA) is 18.5 Å². The minimum absolute atomic E-state index is 0.516. The second kappa shape index (κ2) is 11.1. The number of ether oxygens (including phenoxy) is 2. The minimum Gasteiger partial charge on any atom is -0.489 e. The molecule has 1 heterocycles. The molecule has 5 aromatic rings. The van der Waals surface area contributed by atoms with Gasteiger partial charge in [0.15, 0.2) is 0 Å². The minimum atomic E-state index is -0.705. The van der Waals surface area contributed by atoms with Crippen molar-refractivity contribution in [2.24, 2.45) is 0 Å². The van der Waals surface area contributed by atoms with E-state index in [9.17, 15) is 0 Å². The molecule has 0 saturated carbocycles. The van der Waals surface area contributed by atoms with Crippen molar-refractivity contribution in [2.75, 3.05) is 0 Å². The maximum atomic E-state index is 6.34. The molecule has 0 aromatic heterocycles. The van der Waals surface area contributed by atoms with Gasteiger partial charge in [-0.25, -0.2) is 0 Å². The fourth-order valence-electron chi connectivity index (χ4n) is 4.55. The number of benzene rings is 5. The Kier molecular flexibility index (Phi) is 7.44. The zero-order valence-corrected chi connectivity index (χ0v) is 25.1. The van der Waals surface area contributed by atoms with Crippen molar-refractivity contribution in [3.63, 3.8) is 0 Å². The quantitative estimate of drug-likeness (QED) is 0.131. The Balaban J connectivity index is 1.36. The van der Waals surface area contributed by atoms with Crippen LogP contribution in [0.25, 0.3) is 11.1 Å². The van der Waals surface area contributed by atoms with E-state index in [2.05, 4.69) is 154 Å². The van der Waals surface area contributed by atoms with Gasteiger partial charge in [-0.1, -0.05) is 60.7 Å². The standard InChI is InChI=1S/C32H24I2O2S/c33-24-13-9-22(10-14-24)20-35-26-17-27(36-21-23-11-15-25(34)16-12-23)19-28(18-26)37-31-7-3-1-5-29(31)30-6-2-4-8-32(30)37/h1-19,37H,20-21H2. The summed E-state index contributed by atoms with van der Waals surface area (Å²) >= 11 is 4.65. The van der Waals surface area contributed by atoms with E-state index in [0.717, 1.165) is 22.6 Å². The van der Waals surface area contributed by atoms with Crippen molar-refractivity contribution >= 4 is 56.1 Å². The molecule has 0 fully saturated rings. The molecule has 0 atom stereocenters. The van der Waals surface area contributed by atoms with Crippen LogP contribution in [-0.4, -0.2) is 0 Å². The molecule has 0 bridgehead atoms. The summed E-state index contributed by atoms with van der Waals surface area (Å²) in [6.07, 6.45) is 0. The lowest BCUT2D eigenvalue weighted by Gasteiger charge is -2.21. The van der Waals surface area contributed by atoms with E-state index >= 15 is 0 Å². The third-order valence-electron chi connectivity index (χ3n) is 6.34. The van der Waals surface area contributed by atoms with E-state index in [4.69, 9.17) is 9.47 Å². The first kappa shape index (κ1) is 24.8. The van der Waals surface area contributed by atoms with Crippen LogP contribution in [0.2, 0.25) is 0 Å². The Labute approximate surface area is 247 Å². The molecule has 0 saturated heterocycles. The van der Waals surface area contributed by atoms with Crippen LogP contribution >= 0.6 is 56.1 Å². The van der Waals surface area contributed by atoms with Crippen molar-refractivity contribution in [3.05, 3.63) is 134 Å². The summed E-state index contributed by atoms with van der Waals surface area (Å²) in [5.74, 6) is 1.66. The van der Waals surface area contributed by atoms with Crippen LogP contribution in [0.3, 0.4) is 0 Å². The van der Waals surface area contributed by atoms with E-state index in [1.165, 1.54) is 33.0 Å². The van der Waals surface area contributed by atoms with E-state index in [-0.39, 0.29) is 0 Å².